The fourth-order valence-corrected chi connectivity index (χ4v) is 5.23. The van der Waals surface area contributed by atoms with Gasteiger partial charge in [-0.15, -0.1) is 0 Å². The molecular formula is C28H22BrClFN5O. The fourth-order valence-electron chi connectivity index (χ4n) is 4.63. The maximum absolute atomic E-state index is 13.5. The Hall–Kier alpha value is -3.51. The Bertz CT molecular complexity index is 1580. The topological polar surface area (TPSA) is 74.0 Å². The number of carbonyl (C=O) groups excluding carboxylic acids is 1. The van der Waals surface area contributed by atoms with Crippen LogP contribution >= 0.6 is 27.5 Å². The highest BCUT2D eigenvalue weighted by Crippen LogP contribution is 2.32. The number of pyridine rings is 1. The van der Waals surface area contributed by atoms with Crippen LogP contribution in [0.5, 0.6) is 0 Å². The summed E-state index contributed by atoms with van der Waals surface area (Å²) in [4.78, 5) is 19.6. The minimum absolute atomic E-state index is 0.223. The van der Waals surface area contributed by atoms with Crippen LogP contribution in [0.15, 0.2) is 65.3 Å². The monoisotopic (exact) mass is 577 g/mol. The van der Waals surface area contributed by atoms with Crippen molar-refractivity contribution in [3.05, 3.63) is 104 Å². The summed E-state index contributed by atoms with van der Waals surface area (Å²) >= 11 is 9.20. The van der Waals surface area contributed by atoms with Crippen molar-refractivity contribution >= 4 is 50.5 Å². The van der Waals surface area contributed by atoms with E-state index in [0.717, 1.165) is 39.8 Å². The second kappa shape index (κ2) is 10.9. The number of amides is 1. The lowest BCUT2D eigenvalue weighted by atomic mass is 10.0. The van der Waals surface area contributed by atoms with E-state index in [0.29, 0.717) is 41.2 Å². The van der Waals surface area contributed by atoms with Gasteiger partial charge in [-0.2, -0.15) is 5.26 Å². The van der Waals surface area contributed by atoms with Crippen LogP contribution < -0.4 is 5.32 Å². The van der Waals surface area contributed by atoms with Crippen molar-refractivity contribution in [1.29, 1.82) is 5.26 Å². The van der Waals surface area contributed by atoms with E-state index >= 15 is 0 Å². The van der Waals surface area contributed by atoms with E-state index in [1.165, 1.54) is 6.07 Å². The Kier molecular flexibility index (Phi) is 7.38. The van der Waals surface area contributed by atoms with E-state index in [1.807, 2.05) is 24.3 Å². The molecule has 0 saturated carbocycles. The van der Waals surface area contributed by atoms with Crippen molar-refractivity contribution in [2.45, 2.75) is 19.5 Å². The second-order valence-electron chi connectivity index (χ2n) is 8.81. The van der Waals surface area contributed by atoms with Crippen LogP contribution in [0.3, 0.4) is 0 Å². The summed E-state index contributed by atoms with van der Waals surface area (Å²) in [5.41, 5.74) is 5.11. The van der Waals surface area contributed by atoms with Crippen molar-refractivity contribution in [2.24, 2.45) is 0 Å². The van der Waals surface area contributed by atoms with E-state index in [1.54, 1.807) is 35.0 Å². The first-order valence-corrected chi connectivity index (χ1v) is 12.9. The molecule has 0 radical (unpaired) electrons. The predicted octanol–water partition coefficient (Wildman–Crippen LogP) is 6.29. The van der Waals surface area contributed by atoms with Crippen LogP contribution in [0.1, 0.15) is 27.9 Å². The molecule has 0 fully saturated rings. The average Bonchev–Trinajstić information content (AvgIpc) is 3.22. The largest absolute Gasteiger partial charge is 0.333 e. The first-order valence-electron chi connectivity index (χ1n) is 11.7. The van der Waals surface area contributed by atoms with Gasteiger partial charge < -0.3 is 5.32 Å². The van der Waals surface area contributed by atoms with Gasteiger partial charge in [0, 0.05) is 49.9 Å². The van der Waals surface area contributed by atoms with Gasteiger partial charge in [0.1, 0.15) is 11.0 Å². The molecule has 1 amide bonds. The van der Waals surface area contributed by atoms with Crippen LogP contribution in [0.2, 0.25) is 5.15 Å². The zero-order chi connectivity index (χ0) is 25.9. The Labute approximate surface area is 227 Å². The number of nitrogens with one attached hydrogen (secondary N) is 1. The van der Waals surface area contributed by atoms with Crippen LogP contribution in [0, 0.1) is 17.1 Å². The lowest BCUT2D eigenvalue weighted by Gasteiger charge is -2.27. The molecule has 6 nitrogen and oxygen atoms in total. The first-order chi connectivity index (χ1) is 17.9. The van der Waals surface area contributed by atoms with Gasteiger partial charge in [0.2, 0.25) is 0 Å². The van der Waals surface area contributed by atoms with Gasteiger partial charge in [-0.3, -0.25) is 9.47 Å². The summed E-state index contributed by atoms with van der Waals surface area (Å²) in [5, 5.41) is 13.7. The van der Waals surface area contributed by atoms with Gasteiger partial charge in [-0.1, -0.05) is 29.8 Å². The number of hydrogen-bond acceptors (Lipinski definition) is 4. The number of rotatable bonds is 5. The molecule has 1 aliphatic rings. The van der Waals surface area contributed by atoms with Gasteiger partial charge in [0.15, 0.2) is 0 Å². The van der Waals surface area contributed by atoms with Crippen molar-refractivity contribution in [3.63, 3.8) is 0 Å². The molecule has 0 atom stereocenters. The zero-order valence-corrected chi connectivity index (χ0v) is 22.1. The molecule has 2 aromatic carbocycles. The molecule has 0 saturated heterocycles. The Morgan fingerprint density at radius 3 is 2.89 bits per heavy atom. The molecule has 186 valence electrons. The molecule has 1 N–H and O–H groups in total. The van der Waals surface area contributed by atoms with E-state index in [2.05, 4.69) is 43.3 Å². The van der Waals surface area contributed by atoms with Crippen LogP contribution in [-0.4, -0.2) is 33.6 Å². The Balaban J connectivity index is 1.39. The molecule has 4 aromatic rings. The molecule has 5 rings (SSSR count). The number of halogens is 3. The summed E-state index contributed by atoms with van der Waals surface area (Å²) in [6, 6.07) is 15.9. The third kappa shape index (κ3) is 5.44. The van der Waals surface area contributed by atoms with Crippen molar-refractivity contribution in [3.8, 4) is 6.07 Å². The molecule has 3 heterocycles. The molecule has 37 heavy (non-hydrogen) atoms. The molecule has 2 aromatic heterocycles. The van der Waals surface area contributed by atoms with Crippen LogP contribution in [0.25, 0.3) is 17.0 Å². The number of benzene rings is 2. The molecule has 1 aliphatic heterocycles. The summed E-state index contributed by atoms with van der Waals surface area (Å²) in [6.07, 6.45) is 6.32. The molecule has 0 spiro atoms. The Morgan fingerprint density at radius 2 is 2.11 bits per heavy atom. The Morgan fingerprint density at radius 1 is 1.24 bits per heavy atom. The quantitative estimate of drug-likeness (QED) is 0.282. The summed E-state index contributed by atoms with van der Waals surface area (Å²) in [7, 11) is 0. The number of hydrogen-bond donors (Lipinski definition) is 1. The zero-order valence-electron chi connectivity index (χ0n) is 19.7. The van der Waals surface area contributed by atoms with E-state index < -0.39 is 0 Å². The first kappa shape index (κ1) is 25.2. The van der Waals surface area contributed by atoms with Gasteiger partial charge in [0.25, 0.3) is 0 Å². The molecule has 9 heteroatoms. The van der Waals surface area contributed by atoms with Crippen LogP contribution in [-0.2, 0) is 19.5 Å². The minimum atomic E-state index is -0.289. The standard InChI is InChI=1S/C28H22BrClFN5O/c29-23-13-18(3-5-24(23)31)2-1-10-35-11-8-26-22(17-35)21-12-19(15-32)4-6-25(21)36(26)28(37)34-16-20-7-9-33-27(30)14-20/h1-7,9,12-14H,8,10-11,16-17H2,(H,34,37)/b2-1+. The third-order valence-electron chi connectivity index (χ3n) is 6.41. The normalized spacial score (nSPS) is 13.6. The smallest absolute Gasteiger partial charge is 0.326 e. The summed E-state index contributed by atoms with van der Waals surface area (Å²) in [5.74, 6) is -0.289. The van der Waals surface area contributed by atoms with Crippen molar-refractivity contribution in [2.75, 3.05) is 13.1 Å². The van der Waals surface area contributed by atoms with Gasteiger partial charge in [-0.25, -0.2) is 14.2 Å². The predicted molar refractivity (Wildman–Crippen MR) is 146 cm³/mol. The van der Waals surface area contributed by atoms with Crippen LogP contribution in [0.4, 0.5) is 9.18 Å². The number of fused-ring (bicyclic) bond motifs is 3. The van der Waals surface area contributed by atoms with Gasteiger partial charge in [-0.05, 0) is 75.1 Å². The van der Waals surface area contributed by atoms with E-state index in [4.69, 9.17) is 11.6 Å². The molecular weight excluding hydrogens is 557 g/mol. The highest BCUT2D eigenvalue weighted by molar-refractivity contribution is 9.10. The highest BCUT2D eigenvalue weighted by Gasteiger charge is 2.26. The second-order valence-corrected chi connectivity index (χ2v) is 10.1. The number of carbonyl (C=O) groups is 1. The lowest BCUT2D eigenvalue weighted by Crippen LogP contribution is -2.34. The number of aromatic nitrogens is 2. The number of nitriles is 1. The lowest BCUT2D eigenvalue weighted by molar-refractivity contribution is 0.240. The maximum Gasteiger partial charge on any atom is 0.326 e. The molecule has 0 aliphatic carbocycles. The van der Waals surface area contributed by atoms with E-state index in [9.17, 15) is 14.4 Å². The molecule has 0 bridgehead atoms. The molecule has 0 unspecified atom stereocenters. The summed E-state index contributed by atoms with van der Waals surface area (Å²) in [6.45, 7) is 2.45. The maximum atomic E-state index is 13.5. The average molecular weight is 579 g/mol. The fraction of sp³-hybridized carbons (Fsp3) is 0.179. The van der Waals surface area contributed by atoms with Gasteiger partial charge >= 0.3 is 6.03 Å². The highest BCUT2D eigenvalue weighted by atomic mass is 79.9. The minimum Gasteiger partial charge on any atom is -0.333 e. The summed E-state index contributed by atoms with van der Waals surface area (Å²) < 4.78 is 15.7. The SMILES string of the molecule is N#Cc1ccc2c(c1)c1c(n2C(=O)NCc2ccnc(Cl)c2)CCN(C/C=C/c2ccc(F)c(Br)c2)C1. The number of nitrogens with zero attached hydrogens (tertiary/aromatic N) is 4. The van der Waals surface area contributed by atoms with Gasteiger partial charge in [0.05, 0.1) is 21.6 Å². The van der Waals surface area contributed by atoms with E-state index in [-0.39, 0.29) is 11.8 Å². The van der Waals surface area contributed by atoms with Crippen molar-refractivity contribution in [1.82, 2.24) is 19.8 Å². The van der Waals surface area contributed by atoms with Crippen molar-refractivity contribution < 1.29 is 9.18 Å². The third-order valence-corrected chi connectivity index (χ3v) is 7.23.